The summed E-state index contributed by atoms with van der Waals surface area (Å²) in [5, 5.41) is 54.8. The summed E-state index contributed by atoms with van der Waals surface area (Å²) >= 11 is 0. The molecule has 0 amide bonds. The zero-order valence-electron chi connectivity index (χ0n) is 11.1. The second-order valence-electron chi connectivity index (χ2n) is 4.35. The number of hydrogen-bond acceptors (Lipinski definition) is 8. The molecule has 0 bridgehead atoms. The Hall–Kier alpha value is -0.320. The molecule has 0 saturated heterocycles. The molecule has 0 aliphatic rings. The van der Waals surface area contributed by atoms with Crippen molar-refractivity contribution < 1.29 is 40.1 Å². The van der Waals surface area contributed by atoms with Crippen molar-refractivity contribution in [2.75, 3.05) is 20.0 Å². The molecule has 8 heteroatoms. The number of hydrogen-bond donors (Lipinski definition) is 6. The van der Waals surface area contributed by atoms with E-state index >= 15 is 0 Å². The molecule has 116 valence electrons. The number of aliphatic hydroxyl groups excluding tert-OH is 6. The van der Waals surface area contributed by atoms with E-state index in [2.05, 4.69) is 0 Å². The van der Waals surface area contributed by atoms with Crippen LogP contribution in [0.2, 0.25) is 0 Å². The van der Waals surface area contributed by atoms with Crippen LogP contribution in [0.4, 0.5) is 0 Å². The molecule has 19 heavy (non-hydrogen) atoms. The molecular formula is C11H24O8. The van der Waals surface area contributed by atoms with Crippen molar-refractivity contribution >= 4 is 0 Å². The van der Waals surface area contributed by atoms with Crippen LogP contribution < -0.4 is 0 Å². The van der Waals surface area contributed by atoms with Crippen LogP contribution >= 0.6 is 0 Å². The summed E-state index contributed by atoms with van der Waals surface area (Å²) < 4.78 is 10.1. The number of rotatable bonds is 10. The van der Waals surface area contributed by atoms with E-state index in [1.165, 1.54) is 13.8 Å². The Balaban J connectivity index is 4.12. The molecule has 0 spiro atoms. The van der Waals surface area contributed by atoms with E-state index in [1.807, 2.05) is 0 Å². The van der Waals surface area contributed by atoms with E-state index in [0.717, 1.165) is 0 Å². The predicted octanol–water partition coefficient (Wildman–Crippen LogP) is -2.82. The van der Waals surface area contributed by atoms with Crippen LogP contribution in [0.3, 0.4) is 0 Å². The second-order valence-corrected chi connectivity index (χ2v) is 4.35. The average molecular weight is 284 g/mol. The average Bonchev–Trinajstić information content (AvgIpc) is 2.40. The van der Waals surface area contributed by atoms with Gasteiger partial charge in [0.05, 0.1) is 25.4 Å². The zero-order valence-corrected chi connectivity index (χ0v) is 11.1. The van der Waals surface area contributed by atoms with Gasteiger partial charge in [0, 0.05) is 0 Å². The standard InChI is InChI=1S/C11H24O8/c1-6(14)11(9(16)4-13)19-5-18-7(2)10(17)8(15)3-12/h6-17H,3-5H2,1-2H3/t6?,7-,8?,9?,10-,11-/m0/s1. The molecule has 0 rings (SSSR count). The third kappa shape index (κ3) is 6.59. The Morgan fingerprint density at radius 3 is 1.79 bits per heavy atom. The van der Waals surface area contributed by atoms with Crippen LogP contribution in [-0.4, -0.2) is 87.3 Å². The normalized spacial score (nSPS) is 21.5. The van der Waals surface area contributed by atoms with Gasteiger partial charge < -0.3 is 40.1 Å². The molecule has 0 aromatic carbocycles. The molecule has 0 aromatic rings. The lowest BCUT2D eigenvalue weighted by Crippen LogP contribution is -2.43. The molecule has 0 fully saturated rings. The van der Waals surface area contributed by atoms with Gasteiger partial charge in [-0.3, -0.25) is 0 Å². The fourth-order valence-electron chi connectivity index (χ4n) is 1.42. The maximum Gasteiger partial charge on any atom is 0.147 e. The molecule has 6 N–H and O–H groups in total. The summed E-state index contributed by atoms with van der Waals surface area (Å²) in [6, 6.07) is 0. The Bertz CT molecular complexity index is 225. The van der Waals surface area contributed by atoms with E-state index in [4.69, 9.17) is 19.7 Å². The maximum atomic E-state index is 9.49. The molecule has 6 atom stereocenters. The Kier molecular flexibility index (Phi) is 9.40. The van der Waals surface area contributed by atoms with Crippen molar-refractivity contribution in [3.8, 4) is 0 Å². The van der Waals surface area contributed by atoms with Gasteiger partial charge in [-0.25, -0.2) is 0 Å². The molecule has 0 aromatic heterocycles. The zero-order chi connectivity index (χ0) is 15.0. The van der Waals surface area contributed by atoms with Gasteiger partial charge in [-0.1, -0.05) is 0 Å². The van der Waals surface area contributed by atoms with E-state index in [0.29, 0.717) is 0 Å². The fraction of sp³-hybridized carbons (Fsp3) is 1.00. The summed E-state index contributed by atoms with van der Waals surface area (Å²) in [6.45, 7) is 1.32. The van der Waals surface area contributed by atoms with Crippen molar-refractivity contribution in [3.05, 3.63) is 0 Å². The number of aliphatic hydroxyl groups is 6. The lowest BCUT2D eigenvalue weighted by Gasteiger charge is -2.27. The molecule has 0 radical (unpaired) electrons. The largest absolute Gasteiger partial charge is 0.394 e. The van der Waals surface area contributed by atoms with Gasteiger partial charge in [0.2, 0.25) is 0 Å². The molecule has 8 nitrogen and oxygen atoms in total. The highest BCUT2D eigenvalue weighted by Crippen LogP contribution is 2.08. The summed E-state index contributed by atoms with van der Waals surface area (Å²) in [5.74, 6) is 0. The smallest absolute Gasteiger partial charge is 0.147 e. The van der Waals surface area contributed by atoms with E-state index in [1.54, 1.807) is 0 Å². The highest BCUT2D eigenvalue weighted by Gasteiger charge is 2.26. The fourth-order valence-corrected chi connectivity index (χ4v) is 1.42. The van der Waals surface area contributed by atoms with E-state index in [9.17, 15) is 20.4 Å². The first-order valence-electron chi connectivity index (χ1n) is 6.02. The summed E-state index contributed by atoms with van der Waals surface area (Å²) in [5.41, 5.74) is 0. The third-order valence-corrected chi connectivity index (χ3v) is 2.70. The minimum absolute atomic E-state index is 0.358. The van der Waals surface area contributed by atoms with Crippen LogP contribution in [0.15, 0.2) is 0 Å². The van der Waals surface area contributed by atoms with Gasteiger partial charge >= 0.3 is 0 Å². The first kappa shape index (κ1) is 18.7. The predicted molar refractivity (Wildman–Crippen MR) is 64.2 cm³/mol. The molecular weight excluding hydrogens is 260 g/mol. The Labute approximate surface area is 111 Å². The molecule has 3 unspecified atom stereocenters. The molecule has 0 aliphatic heterocycles. The SMILES string of the molecule is CC(O)[C@H](OCO[C@@H](C)[C@H](O)C(O)CO)C(O)CO. The van der Waals surface area contributed by atoms with Crippen LogP contribution in [0.25, 0.3) is 0 Å². The summed E-state index contributed by atoms with van der Waals surface area (Å²) in [6.07, 6.45) is -6.74. The van der Waals surface area contributed by atoms with Gasteiger partial charge in [0.15, 0.2) is 0 Å². The van der Waals surface area contributed by atoms with Crippen molar-refractivity contribution in [1.82, 2.24) is 0 Å². The number of ether oxygens (including phenoxy) is 2. The highest BCUT2D eigenvalue weighted by atomic mass is 16.7. The van der Waals surface area contributed by atoms with Gasteiger partial charge in [-0.05, 0) is 13.8 Å². The Morgan fingerprint density at radius 2 is 1.37 bits per heavy atom. The minimum atomic E-state index is -1.33. The monoisotopic (exact) mass is 284 g/mol. The second kappa shape index (κ2) is 9.56. The third-order valence-electron chi connectivity index (χ3n) is 2.70. The summed E-state index contributed by atoms with van der Waals surface area (Å²) in [7, 11) is 0. The van der Waals surface area contributed by atoms with E-state index in [-0.39, 0.29) is 6.79 Å². The molecule has 0 saturated carbocycles. The topological polar surface area (TPSA) is 140 Å². The lowest BCUT2D eigenvalue weighted by atomic mass is 10.1. The van der Waals surface area contributed by atoms with Gasteiger partial charge in [0.25, 0.3) is 0 Å². The van der Waals surface area contributed by atoms with Crippen LogP contribution in [0, 0.1) is 0 Å². The van der Waals surface area contributed by atoms with Crippen molar-refractivity contribution in [1.29, 1.82) is 0 Å². The first-order chi connectivity index (χ1) is 8.84. The van der Waals surface area contributed by atoms with Crippen LogP contribution in [0.1, 0.15) is 13.8 Å². The van der Waals surface area contributed by atoms with Gasteiger partial charge in [-0.2, -0.15) is 0 Å². The summed E-state index contributed by atoms with van der Waals surface area (Å²) in [4.78, 5) is 0. The highest BCUT2D eigenvalue weighted by molar-refractivity contribution is 4.74. The Morgan fingerprint density at radius 1 is 0.842 bits per heavy atom. The van der Waals surface area contributed by atoms with Gasteiger partial charge in [0.1, 0.15) is 31.2 Å². The van der Waals surface area contributed by atoms with Gasteiger partial charge in [-0.15, -0.1) is 0 Å². The van der Waals surface area contributed by atoms with Crippen molar-refractivity contribution in [3.63, 3.8) is 0 Å². The quantitative estimate of drug-likeness (QED) is 0.236. The van der Waals surface area contributed by atoms with Crippen molar-refractivity contribution in [2.45, 2.75) is 50.5 Å². The van der Waals surface area contributed by atoms with E-state index < -0.39 is 49.8 Å². The minimum Gasteiger partial charge on any atom is -0.394 e. The van der Waals surface area contributed by atoms with Crippen LogP contribution in [0.5, 0.6) is 0 Å². The maximum absolute atomic E-state index is 9.49. The van der Waals surface area contributed by atoms with Crippen molar-refractivity contribution in [2.24, 2.45) is 0 Å². The molecule has 0 heterocycles. The molecule has 0 aliphatic carbocycles. The first-order valence-corrected chi connectivity index (χ1v) is 6.02. The lowest BCUT2D eigenvalue weighted by molar-refractivity contribution is -0.193. The van der Waals surface area contributed by atoms with Crippen LogP contribution in [-0.2, 0) is 9.47 Å².